The minimum atomic E-state index is -0.545. The molecular formula is C13H24N2O4. The highest BCUT2D eigenvalue weighted by atomic mass is 16.6. The zero-order valence-corrected chi connectivity index (χ0v) is 12.1. The van der Waals surface area contributed by atoms with E-state index < -0.39 is 11.7 Å². The first kappa shape index (κ1) is 15.8. The topological polar surface area (TPSA) is 76.7 Å². The Hall–Kier alpha value is -1.30. The second-order valence-electron chi connectivity index (χ2n) is 5.60. The summed E-state index contributed by atoms with van der Waals surface area (Å²) >= 11 is 0. The van der Waals surface area contributed by atoms with Gasteiger partial charge in [0, 0.05) is 12.6 Å². The van der Waals surface area contributed by atoms with Crippen molar-refractivity contribution in [3.05, 3.63) is 0 Å². The Balaban J connectivity index is 2.57. The monoisotopic (exact) mass is 272 g/mol. The summed E-state index contributed by atoms with van der Waals surface area (Å²) in [6.45, 7) is 8.79. The molecule has 0 unspecified atom stereocenters. The molecule has 110 valence electrons. The molecule has 1 amide bonds. The maximum atomic E-state index is 11.8. The molecular weight excluding hydrogens is 248 g/mol. The van der Waals surface area contributed by atoms with Gasteiger partial charge in [0.25, 0.3) is 0 Å². The van der Waals surface area contributed by atoms with Crippen LogP contribution in [0.4, 0.5) is 4.79 Å². The van der Waals surface area contributed by atoms with Gasteiger partial charge in [0.2, 0.25) is 0 Å². The van der Waals surface area contributed by atoms with Crippen molar-refractivity contribution in [1.29, 1.82) is 0 Å². The summed E-state index contributed by atoms with van der Waals surface area (Å²) in [6, 6.07) is -0.241. The van der Waals surface area contributed by atoms with E-state index in [4.69, 9.17) is 9.47 Å². The van der Waals surface area contributed by atoms with Crippen molar-refractivity contribution in [3.8, 4) is 0 Å². The average Bonchev–Trinajstić information content (AvgIpc) is 2.27. The predicted octanol–water partition coefficient (Wildman–Crippen LogP) is 1.05. The third-order valence-electron chi connectivity index (χ3n) is 2.77. The van der Waals surface area contributed by atoms with E-state index in [0.29, 0.717) is 19.6 Å². The number of carbonyl (C=O) groups excluding carboxylic acids is 2. The van der Waals surface area contributed by atoms with E-state index in [2.05, 4.69) is 10.6 Å². The lowest BCUT2D eigenvalue weighted by Gasteiger charge is -2.31. The molecule has 0 saturated carbocycles. The van der Waals surface area contributed by atoms with Crippen LogP contribution >= 0.6 is 0 Å². The third-order valence-corrected chi connectivity index (χ3v) is 2.77. The van der Waals surface area contributed by atoms with Gasteiger partial charge < -0.3 is 20.1 Å². The van der Waals surface area contributed by atoms with Crippen molar-refractivity contribution in [2.24, 2.45) is 5.92 Å². The van der Waals surface area contributed by atoms with Gasteiger partial charge in [-0.2, -0.15) is 0 Å². The van der Waals surface area contributed by atoms with Crippen LogP contribution in [0, 0.1) is 5.92 Å². The molecule has 0 aromatic heterocycles. The molecule has 19 heavy (non-hydrogen) atoms. The number of rotatable bonds is 3. The van der Waals surface area contributed by atoms with Crippen LogP contribution in [-0.2, 0) is 14.3 Å². The largest absolute Gasteiger partial charge is 0.466 e. The van der Waals surface area contributed by atoms with Gasteiger partial charge in [0.15, 0.2) is 0 Å². The van der Waals surface area contributed by atoms with Gasteiger partial charge >= 0.3 is 12.1 Å². The average molecular weight is 272 g/mol. The van der Waals surface area contributed by atoms with Gasteiger partial charge in [0.1, 0.15) is 5.60 Å². The molecule has 0 spiro atoms. The molecule has 0 bridgehead atoms. The zero-order chi connectivity index (χ0) is 14.5. The highest BCUT2D eigenvalue weighted by Gasteiger charge is 2.34. The van der Waals surface area contributed by atoms with Crippen LogP contribution in [0.3, 0.4) is 0 Å². The minimum absolute atomic E-state index is 0.241. The summed E-state index contributed by atoms with van der Waals surface area (Å²) in [5.74, 6) is -0.642. The standard InChI is InChI=1S/C13H24N2O4/c1-5-18-11(16)9-8-14-7-6-10(9)15-12(17)19-13(2,3)4/h9-10,14H,5-8H2,1-4H3,(H,15,17)/t9-,10-/m1/s1. The van der Waals surface area contributed by atoms with E-state index in [0.717, 1.165) is 6.54 Å². The summed E-state index contributed by atoms with van der Waals surface area (Å²) in [5, 5.41) is 5.90. The molecule has 2 atom stereocenters. The normalized spacial score (nSPS) is 23.6. The Bertz CT molecular complexity index is 325. The fraction of sp³-hybridized carbons (Fsp3) is 0.846. The maximum absolute atomic E-state index is 11.8. The van der Waals surface area contributed by atoms with Crippen molar-refractivity contribution >= 4 is 12.1 Å². The fourth-order valence-electron chi connectivity index (χ4n) is 1.99. The van der Waals surface area contributed by atoms with Crippen LogP contribution in [-0.4, -0.2) is 43.4 Å². The second kappa shape index (κ2) is 6.75. The number of ether oxygens (including phenoxy) is 2. The molecule has 1 aliphatic rings. The van der Waals surface area contributed by atoms with Gasteiger partial charge in [-0.05, 0) is 40.7 Å². The fourth-order valence-corrected chi connectivity index (χ4v) is 1.99. The SMILES string of the molecule is CCOC(=O)[C@@H]1CNCC[C@H]1NC(=O)OC(C)(C)C. The molecule has 1 heterocycles. The molecule has 1 aliphatic heterocycles. The number of carbonyl (C=O) groups is 2. The van der Waals surface area contributed by atoms with E-state index in [1.807, 2.05) is 0 Å². The number of nitrogens with one attached hydrogen (secondary N) is 2. The lowest BCUT2D eigenvalue weighted by Crippen LogP contribution is -2.53. The minimum Gasteiger partial charge on any atom is -0.466 e. The number of amides is 1. The van der Waals surface area contributed by atoms with Gasteiger partial charge in [-0.3, -0.25) is 4.79 Å². The van der Waals surface area contributed by atoms with Crippen molar-refractivity contribution in [2.45, 2.75) is 45.8 Å². The summed E-state index contributed by atoms with van der Waals surface area (Å²) in [5.41, 5.74) is -0.545. The molecule has 1 saturated heterocycles. The molecule has 0 aromatic rings. The van der Waals surface area contributed by atoms with Gasteiger partial charge in [-0.25, -0.2) is 4.79 Å². The first-order chi connectivity index (χ1) is 8.83. The van der Waals surface area contributed by atoms with Crippen LogP contribution in [0.2, 0.25) is 0 Å². The molecule has 1 fully saturated rings. The first-order valence-electron chi connectivity index (χ1n) is 6.70. The molecule has 2 N–H and O–H groups in total. The van der Waals surface area contributed by atoms with Crippen LogP contribution in [0.25, 0.3) is 0 Å². The van der Waals surface area contributed by atoms with Gasteiger partial charge in [-0.15, -0.1) is 0 Å². The quantitative estimate of drug-likeness (QED) is 0.751. The van der Waals surface area contributed by atoms with E-state index in [1.54, 1.807) is 27.7 Å². The van der Waals surface area contributed by atoms with Crippen LogP contribution in [0.1, 0.15) is 34.1 Å². The number of esters is 1. The highest BCUT2D eigenvalue weighted by Crippen LogP contribution is 2.15. The molecule has 0 radical (unpaired) electrons. The van der Waals surface area contributed by atoms with Gasteiger partial charge in [0.05, 0.1) is 12.5 Å². The number of hydrogen-bond acceptors (Lipinski definition) is 5. The Kier molecular flexibility index (Phi) is 5.60. The van der Waals surface area contributed by atoms with Crippen molar-refractivity contribution in [3.63, 3.8) is 0 Å². The second-order valence-corrected chi connectivity index (χ2v) is 5.60. The van der Waals surface area contributed by atoms with Crippen molar-refractivity contribution in [1.82, 2.24) is 10.6 Å². The number of piperidine rings is 1. The summed E-state index contributed by atoms with van der Waals surface area (Å²) in [7, 11) is 0. The zero-order valence-electron chi connectivity index (χ0n) is 12.1. The lowest BCUT2D eigenvalue weighted by atomic mass is 9.93. The Morgan fingerprint density at radius 2 is 2.05 bits per heavy atom. The Morgan fingerprint density at radius 1 is 1.37 bits per heavy atom. The maximum Gasteiger partial charge on any atom is 0.407 e. The molecule has 1 rings (SSSR count). The predicted molar refractivity (Wildman–Crippen MR) is 70.8 cm³/mol. The van der Waals surface area contributed by atoms with Gasteiger partial charge in [-0.1, -0.05) is 0 Å². The van der Waals surface area contributed by atoms with E-state index >= 15 is 0 Å². The van der Waals surface area contributed by atoms with Crippen LogP contribution < -0.4 is 10.6 Å². The smallest absolute Gasteiger partial charge is 0.407 e. The summed E-state index contributed by atoms with van der Waals surface area (Å²) in [6.07, 6.45) is 0.191. The third kappa shape index (κ3) is 5.46. The summed E-state index contributed by atoms with van der Waals surface area (Å²) in [4.78, 5) is 23.6. The van der Waals surface area contributed by atoms with Crippen molar-refractivity contribution < 1.29 is 19.1 Å². The van der Waals surface area contributed by atoms with Crippen LogP contribution in [0.15, 0.2) is 0 Å². The molecule has 0 aliphatic carbocycles. The van der Waals surface area contributed by atoms with E-state index in [1.165, 1.54) is 0 Å². The van der Waals surface area contributed by atoms with Crippen molar-refractivity contribution in [2.75, 3.05) is 19.7 Å². The van der Waals surface area contributed by atoms with E-state index in [-0.39, 0.29) is 17.9 Å². The van der Waals surface area contributed by atoms with Crippen LogP contribution in [0.5, 0.6) is 0 Å². The molecule has 0 aromatic carbocycles. The molecule has 6 heteroatoms. The first-order valence-corrected chi connectivity index (χ1v) is 6.70. The Labute approximate surface area is 114 Å². The number of alkyl carbamates (subject to hydrolysis) is 1. The van der Waals surface area contributed by atoms with E-state index in [9.17, 15) is 9.59 Å². The summed E-state index contributed by atoms with van der Waals surface area (Å²) < 4.78 is 10.2. The Morgan fingerprint density at radius 3 is 2.63 bits per heavy atom. The highest BCUT2D eigenvalue weighted by molar-refractivity contribution is 5.75. The molecule has 6 nitrogen and oxygen atoms in total. The number of hydrogen-bond donors (Lipinski definition) is 2. The lowest BCUT2D eigenvalue weighted by molar-refractivity contribution is -0.149.